The summed E-state index contributed by atoms with van der Waals surface area (Å²) in [6.45, 7) is 3.18. The lowest BCUT2D eigenvalue weighted by Gasteiger charge is -2.33. The smallest absolute Gasteiger partial charge is 0.161 e. The molecule has 2 N–H and O–H groups in total. The van der Waals surface area contributed by atoms with Crippen LogP contribution in [0.3, 0.4) is 0 Å². The zero-order valence-electron chi connectivity index (χ0n) is 12.9. The Bertz CT molecular complexity index is 481. The maximum atomic E-state index is 10.7. The topological polar surface area (TPSA) is 50.7 Å². The maximum absolute atomic E-state index is 10.7. The van der Waals surface area contributed by atoms with E-state index in [4.69, 9.17) is 9.47 Å². The third-order valence-corrected chi connectivity index (χ3v) is 5.01. The summed E-state index contributed by atoms with van der Waals surface area (Å²) in [5.41, 5.74) is 0.835. The average molecular weight is 358 g/mol. The second kappa shape index (κ2) is 7.47. The van der Waals surface area contributed by atoms with Crippen molar-refractivity contribution in [1.29, 1.82) is 0 Å². The van der Waals surface area contributed by atoms with E-state index in [-0.39, 0.29) is 6.04 Å². The van der Waals surface area contributed by atoms with Crippen LogP contribution in [0.4, 0.5) is 0 Å². The number of nitrogens with one attached hydrogen (secondary N) is 1. The summed E-state index contributed by atoms with van der Waals surface area (Å²) in [5, 5.41) is 14.2. The first-order valence-electron chi connectivity index (χ1n) is 7.43. The van der Waals surface area contributed by atoms with E-state index in [1.807, 2.05) is 12.1 Å². The molecular formula is C16H24BrNO3. The van der Waals surface area contributed by atoms with Gasteiger partial charge in [-0.1, -0.05) is 29.3 Å². The van der Waals surface area contributed by atoms with Gasteiger partial charge in [0.1, 0.15) is 0 Å². The van der Waals surface area contributed by atoms with Crippen molar-refractivity contribution in [3.05, 3.63) is 22.2 Å². The SMILES string of the molecule is CCC1CCNC(C(O)c2cc(OC)c(OC)cc2Br)C1. The molecule has 4 nitrogen and oxygen atoms in total. The Morgan fingerprint density at radius 3 is 2.62 bits per heavy atom. The lowest BCUT2D eigenvalue weighted by atomic mass is 9.86. The first-order valence-corrected chi connectivity index (χ1v) is 8.22. The molecule has 0 spiro atoms. The Morgan fingerprint density at radius 1 is 1.33 bits per heavy atom. The highest BCUT2D eigenvalue weighted by molar-refractivity contribution is 9.10. The summed E-state index contributed by atoms with van der Waals surface area (Å²) in [7, 11) is 3.21. The highest BCUT2D eigenvalue weighted by atomic mass is 79.9. The highest BCUT2D eigenvalue weighted by Crippen LogP contribution is 2.38. The first-order chi connectivity index (χ1) is 10.1. The molecule has 1 aromatic rings. The van der Waals surface area contributed by atoms with Crippen molar-refractivity contribution in [2.45, 2.75) is 38.3 Å². The number of rotatable bonds is 5. The number of benzene rings is 1. The molecule has 2 rings (SSSR count). The van der Waals surface area contributed by atoms with Gasteiger partial charge in [-0.15, -0.1) is 0 Å². The molecule has 5 heteroatoms. The van der Waals surface area contributed by atoms with Gasteiger partial charge >= 0.3 is 0 Å². The van der Waals surface area contributed by atoms with E-state index < -0.39 is 6.10 Å². The largest absolute Gasteiger partial charge is 0.493 e. The van der Waals surface area contributed by atoms with E-state index in [0.717, 1.165) is 29.4 Å². The zero-order valence-corrected chi connectivity index (χ0v) is 14.4. The summed E-state index contributed by atoms with van der Waals surface area (Å²) in [4.78, 5) is 0. The van der Waals surface area contributed by atoms with Gasteiger partial charge in [0.2, 0.25) is 0 Å². The number of halogens is 1. The molecule has 1 aliphatic heterocycles. The maximum Gasteiger partial charge on any atom is 0.161 e. The van der Waals surface area contributed by atoms with Gasteiger partial charge in [0.25, 0.3) is 0 Å². The molecule has 21 heavy (non-hydrogen) atoms. The van der Waals surface area contributed by atoms with Gasteiger partial charge in [-0.25, -0.2) is 0 Å². The van der Waals surface area contributed by atoms with Crippen LogP contribution in [0.5, 0.6) is 11.5 Å². The van der Waals surface area contributed by atoms with Crippen LogP contribution in [-0.4, -0.2) is 31.9 Å². The van der Waals surface area contributed by atoms with Gasteiger partial charge < -0.3 is 19.9 Å². The fraction of sp³-hybridized carbons (Fsp3) is 0.625. The van der Waals surface area contributed by atoms with Gasteiger partial charge in [0.15, 0.2) is 11.5 Å². The number of hydrogen-bond acceptors (Lipinski definition) is 4. The van der Waals surface area contributed by atoms with Crippen LogP contribution in [0, 0.1) is 5.92 Å². The fourth-order valence-corrected chi connectivity index (χ4v) is 3.51. The molecular weight excluding hydrogens is 334 g/mol. The summed E-state index contributed by atoms with van der Waals surface area (Å²) >= 11 is 3.53. The van der Waals surface area contributed by atoms with E-state index in [1.54, 1.807) is 14.2 Å². The molecule has 1 heterocycles. The van der Waals surface area contributed by atoms with Gasteiger partial charge in [-0.05, 0) is 37.4 Å². The molecule has 0 amide bonds. The number of aliphatic hydroxyl groups excluding tert-OH is 1. The number of aliphatic hydroxyl groups is 1. The minimum absolute atomic E-state index is 0.0816. The van der Waals surface area contributed by atoms with E-state index in [1.165, 1.54) is 6.42 Å². The number of ether oxygens (including phenoxy) is 2. The van der Waals surface area contributed by atoms with Crippen molar-refractivity contribution in [2.24, 2.45) is 5.92 Å². The molecule has 3 atom stereocenters. The Morgan fingerprint density at radius 2 is 2.00 bits per heavy atom. The van der Waals surface area contributed by atoms with Gasteiger partial charge in [0.05, 0.1) is 20.3 Å². The molecule has 1 saturated heterocycles. The molecule has 0 aromatic heterocycles. The molecule has 0 bridgehead atoms. The summed E-state index contributed by atoms with van der Waals surface area (Å²) in [5.74, 6) is 1.98. The molecule has 118 valence electrons. The van der Waals surface area contributed by atoms with Gasteiger partial charge in [-0.2, -0.15) is 0 Å². The minimum atomic E-state index is -0.562. The monoisotopic (exact) mass is 357 g/mol. The van der Waals surface area contributed by atoms with Crippen LogP contribution in [-0.2, 0) is 0 Å². The van der Waals surface area contributed by atoms with Crippen LogP contribution < -0.4 is 14.8 Å². The van der Waals surface area contributed by atoms with Gasteiger partial charge in [-0.3, -0.25) is 0 Å². The van der Waals surface area contributed by atoms with Crippen molar-refractivity contribution in [2.75, 3.05) is 20.8 Å². The molecule has 1 fully saturated rings. The molecule has 1 aromatic carbocycles. The third-order valence-electron chi connectivity index (χ3n) is 4.33. The normalized spacial score (nSPS) is 23.7. The molecule has 0 saturated carbocycles. The van der Waals surface area contributed by atoms with Crippen molar-refractivity contribution < 1.29 is 14.6 Å². The quantitative estimate of drug-likeness (QED) is 0.848. The molecule has 3 unspecified atom stereocenters. The Kier molecular flexibility index (Phi) is 5.90. The predicted octanol–water partition coefficient (Wildman–Crippen LogP) is 3.28. The predicted molar refractivity (Wildman–Crippen MR) is 87.0 cm³/mol. The van der Waals surface area contributed by atoms with Crippen LogP contribution in [0.25, 0.3) is 0 Å². The second-order valence-corrected chi connectivity index (χ2v) is 6.39. The van der Waals surface area contributed by atoms with Crippen LogP contribution >= 0.6 is 15.9 Å². The Balaban J connectivity index is 2.23. The van der Waals surface area contributed by atoms with Crippen molar-refractivity contribution >= 4 is 15.9 Å². The van der Waals surface area contributed by atoms with Gasteiger partial charge in [0, 0.05) is 16.1 Å². The van der Waals surface area contributed by atoms with Crippen molar-refractivity contribution in [3.63, 3.8) is 0 Å². The number of methoxy groups -OCH3 is 2. The lowest BCUT2D eigenvalue weighted by molar-refractivity contribution is 0.0970. The van der Waals surface area contributed by atoms with E-state index >= 15 is 0 Å². The van der Waals surface area contributed by atoms with Crippen LogP contribution in [0.2, 0.25) is 0 Å². The van der Waals surface area contributed by atoms with Crippen LogP contribution in [0.15, 0.2) is 16.6 Å². The molecule has 0 aliphatic carbocycles. The Labute approximate surface area is 135 Å². The van der Waals surface area contributed by atoms with E-state index in [2.05, 4.69) is 28.2 Å². The zero-order chi connectivity index (χ0) is 15.4. The number of hydrogen-bond donors (Lipinski definition) is 2. The molecule has 1 aliphatic rings. The summed E-state index contributed by atoms with van der Waals surface area (Å²) in [6, 6.07) is 3.78. The fourth-order valence-electron chi connectivity index (χ4n) is 2.96. The van der Waals surface area contributed by atoms with Crippen LogP contribution in [0.1, 0.15) is 37.9 Å². The minimum Gasteiger partial charge on any atom is -0.493 e. The second-order valence-electron chi connectivity index (χ2n) is 5.53. The van der Waals surface area contributed by atoms with E-state index in [0.29, 0.717) is 17.4 Å². The third kappa shape index (κ3) is 3.71. The highest BCUT2D eigenvalue weighted by Gasteiger charge is 2.29. The van der Waals surface area contributed by atoms with Crippen molar-refractivity contribution in [1.82, 2.24) is 5.32 Å². The lowest BCUT2D eigenvalue weighted by Crippen LogP contribution is -2.42. The average Bonchev–Trinajstić information content (AvgIpc) is 2.53. The summed E-state index contributed by atoms with van der Waals surface area (Å²) in [6.07, 6.45) is 2.79. The van der Waals surface area contributed by atoms with E-state index in [9.17, 15) is 5.11 Å². The first kappa shape index (κ1) is 16.6. The summed E-state index contributed by atoms with van der Waals surface area (Å²) < 4.78 is 11.5. The standard InChI is InChI=1S/C16H24BrNO3/c1-4-10-5-6-18-13(7-10)16(19)11-8-14(20-2)15(21-3)9-12(11)17/h8-10,13,16,18-19H,4-7H2,1-3H3. The Hall–Kier alpha value is -0.780. The molecule has 0 radical (unpaired) electrons. The number of piperidine rings is 1. The van der Waals surface area contributed by atoms with Crippen molar-refractivity contribution in [3.8, 4) is 11.5 Å².